The Morgan fingerprint density at radius 2 is 2.20 bits per heavy atom. The Kier molecular flexibility index (Phi) is 7.69. The first-order valence-corrected chi connectivity index (χ1v) is 9.32. The second-order valence-electron chi connectivity index (χ2n) is 5.57. The number of aromatic nitrogens is 3. The predicted molar refractivity (Wildman–Crippen MR) is 107 cm³/mol. The quantitative estimate of drug-likeness (QED) is 0.216. The summed E-state index contributed by atoms with van der Waals surface area (Å²) in [6, 6.07) is 2.70. The van der Waals surface area contributed by atoms with Crippen molar-refractivity contribution in [2.75, 3.05) is 13.7 Å². The van der Waals surface area contributed by atoms with Crippen LogP contribution >= 0.6 is 11.8 Å². The van der Waals surface area contributed by atoms with E-state index >= 15 is 0 Å². The number of amides is 1. The molecule has 160 valence electrons. The van der Waals surface area contributed by atoms with Crippen molar-refractivity contribution in [2.45, 2.75) is 24.1 Å². The molecule has 0 saturated carbocycles. The molecule has 1 aromatic carbocycles. The van der Waals surface area contributed by atoms with Crippen LogP contribution in [0.2, 0.25) is 0 Å². The highest BCUT2D eigenvalue weighted by Gasteiger charge is 2.22. The number of hydrogen-bond acceptors (Lipinski definition) is 10. The number of hydrogen-bond donors (Lipinski definition) is 3. The van der Waals surface area contributed by atoms with Crippen LogP contribution in [-0.4, -0.2) is 51.2 Å². The molecule has 0 aliphatic heterocycles. The maximum Gasteiger partial charge on any atom is 0.342 e. The Hall–Kier alpha value is -3.68. The first-order chi connectivity index (χ1) is 14.3. The Morgan fingerprint density at radius 3 is 2.80 bits per heavy atom. The molecule has 3 N–H and O–H groups in total. The van der Waals surface area contributed by atoms with Crippen LogP contribution in [0.1, 0.15) is 19.4 Å². The number of nitrogens with one attached hydrogen (secondary N) is 3. The van der Waals surface area contributed by atoms with Crippen molar-refractivity contribution in [1.29, 1.82) is 0 Å². The predicted octanol–water partition coefficient (Wildman–Crippen LogP) is 0.405. The highest BCUT2D eigenvalue weighted by molar-refractivity contribution is 8.00. The van der Waals surface area contributed by atoms with Crippen LogP contribution in [0.25, 0.3) is 0 Å². The molecule has 2 aromatic rings. The van der Waals surface area contributed by atoms with Crippen LogP contribution in [0.3, 0.4) is 0 Å². The van der Waals surface area contributed by atoms with Gasteiger partial charge in [-0.1, -0.05) is 11.8 Å². The summed E-state index contributed by atoms with van der Waals surface area (Å²) in [5.41, 5.74) is 0.768. The van der Waals surface area contributed by atoms with E-state index < -0.39 is 27.3 Å². The highest BCUT2D eigenvalue weighted by Crippen LogP contribution is 2.37. The molecule has 0 aliphatic carbocycles. The maximum absolute atomic E-state index is 12.1. The molecule has 1 heterocycles. The van der Waals surface area contributed by atoms with Crippen LogP contribution < -0.4 is 26.1 Å². The number of thioether (sulfide) groups is 1. The lowest BCUT2D eigenvalue weighted by Gasteiger charge is -2.10. The third-order valence-corrected chi connectivity index (χ3v) is 4.56. The van der Waals surface area contributed by atoms with E-state index in [1.165, 1.54) is 32.4 Å². The SMILES string of the molecule is CCOc1c(OC)cc(/C=N/NC(=O)C(C)Sc2n[nH]c(=O)[nH]c2=O)cc1[N+](=O)[O-]. The summed E-state index contributed by atoms with van der Waals surface area (Å²) < 4.78 is 10.4. The minimum atomic E-state index is -0.772. The molecule has 30 heavy (non-hydrogen) atoms. The number of carbonyl (C=O) groups is 1. The van der Waals surface area contributed by atoms with Gasteiger partial charge in [0.1, 0.15) is 0 Å². The number of H-pyrrole nitrogens is 2. The molecule has 0 fully saturated rings. The van der Waals surface area contributed by atoms with E-state index in [0.717, 1.165) is 11.8 Å². The molecule has 1 amide bonds. The van der Waals surface area contributed by atoms with Gasteiger partial charge in [-0.2, -0.15) is 10.2 Å². The zero-order valence-electron chi connectivity index (χ0n) is 16.1. The zero-order chi connectivity index (χ0) is 22.3. The topological polar surface area (TPSA) is 182 Å². The van der Waals surface area contributed by atoms with Crippen LogP contribution in [-0.2, 0) is 4.79 Å². The number of aromatic amines is 2. The second-order valence-corrected chi connectivity index (χ2v) is 6.90. The Bertz CT molecular complexity index is 1080. The summed E-state index contributed by atoms with van der Waals surface area (Å²) in [5.74, 6) is -0.419. The molecule has 1 atom stereocenters. The van der Waals surface area contributed by atoms with Crippen molar-refractivity contribution in [3.8, 4) is 11.5 Å². The first kappa shape index (κ1) is 22.6. The summed E-state index contributed by atoms with van der Waals surface area (Å²) in [5, 5.41) is 19.9. The van der Waals surface area contributed by atoms with Crippen molar-refractivity contribution in [3.05, 3.63) is 48.6 Å². The van der Waals surface area contributed by atoms with Gasteiger partial charge in [0.25, 0.3) is 11.5 Å². The molecule has 2 rings (SSSR count). The molecule has 1 aromatic heterocycles. The third-order valence-electron chi connectivity index (χ3n) is 3.49. The fourth-order valence-corrected chi connectivity index (χ4v) is 2.91. The molecule has 0 saturated heterocycles. The molecule has 0 bridgehead atoms. The number of rotatable bonds is 9. The van der Waals surface area contributed by atoms with Gasteiger partial charge in [0.05, 0.1) is 30.1 Å². The number of carbonyl (C=O) groups excluding carboxylic acids is 1. The van der Waals surface area contributed by atoms with E-state index in [4.69, 9.17) is 9.47 Å². The molecule has 0 radical (unpaired) electrons. The number of hydrazone groups is 1. The van der Waals surface area contributed by atoms with Crippen molar-refractivity contribution in [3.63, 3.8) is 0 Å². The van der Waals surface area contributed by atoms with Gasteiger partial charge in [0.15, 0.2) is 10.8 Å². The minimum Gasteiger partial charge on any atom is -0.493 e. The van der Waals surface area contributed by atoms with E-state index in [0.29, 0.717) is 5.56 Å². The van der Waals surface area contributed by atoms with Gasteiger partial charge in [-0.3, -0.25) is 24.7 Å². The summed E-state index contributed by atoms with van der Waals surface area (Å²) in [6.45, 7) is 3.40. The Morgan fingerprint density at radius 1 is 1.47 bits per heavy atom. The number of nitro benzene ring substituents is 1. The number of methoxy groups -OCH3 is 1. The maximum atomic E-state index is 12.1. The average molecular weight is 438 g/mol. The first-order valence-electron chi connectivity index (χ1n) is 8.44. The van der Waals surface area contributed by atoms with Crippen molar-refractivity contribution in [2.24, 2.45) is 5.10 Å². The lowest BCUT2D eigenvalue weighted by molar-refractivity contribution is -0.385. The molecular formula is C16H18N6O7S. The van der Waals surface area contributed by atoms with Gasteiger partial charge in [0.2, 0.25) is 5.75 Å². The molecule has 0 aliphatic rings. The molecule has 14 heteroatoms. The summed E-state index contributed by atoms with van der Waals surface area (Å²) in [4.78, 5) is 47.4. The van der Waals surface area contributed by atoms with E-state index in [1.807, 2.05) is 4.98 Å². The summed E-state index contributed by atoms with van der Waals surface area (Å²) in [6.07, 6.45) is 1.20. The van der Waals surface area contributed by atoms with Crippen molar-refractivity contribution >= 4 is 29.6 Å². The minimum absolute atomic E-state index is 0.00478. The van der Waals surface area contributed by atoms with Crippen molar-refractivity contribution in [1.82, 2.24) is 20.6 Å². The van der Waals surface area contributed by atoms with Gasteiger partial charge in [0, 0.05) is 11.6 Å². The molecule has 0 spiro atoms. The van der Waals surface area contributed by atoms with Gasteiger partial charge in [-0.05, 0) is 19.9 Å². The number of ether oxygens (including phenoxy) is 2. The summed E-state index contributed by atoms with van der Waals surface area (Å²) >= 11 is 0.816. The van der Waals surface area contributed by atoms with Crippen LogP contribution in [0.15, 0.2) is 31.8 Å². The average Bonchev–Trinajstić information content (AvgIpc) is 2.70. The Balaban J connectivity index is 2.12. The number of nitrogens with zero attached hydrogens (tertiary/aromatic N) is 3. The van der Waals surface area contributed by atoms with Gasteiger partial charge >= 0.3 is 11.4 Å². The number of nitro groups is 1. The van der Waals surface area contributed by atoms with E-state index in [9.17, 15) is 24.5 Å². The van der Waals surface area contributed by atoms with E-state index in [-0.39, 0.29) is 28.8 Å². The van der Waals surface area contributed by atoms with Gasteiger partial charge in [-0.15, -0.1) is 0 Å². The molecular weight excluding hydrogens is 420 g/mol. The lowest BCUT2D eigenvalue weighted by Crippen LogP contribution is -2.30. The molecule has 1 unspecified atom stereocenters. The molecule has 13 nitrogen and oxygen atoms in total. The van der Waals surface area contributed by atoms with Crippen LogP contribution in [0.5, 0.6) is 11.5 Å². The third kappa shape index (κ3) is 5.66. The smallest absolute Gasteiger partial charge is 0.342 e. The Labute approximate surface area is 173 Å². The van der Waals surface area contributed by atoms with Gasteiger partial charge in [-0.25, -0.2) is 15.3 Å². The number of benzene rings is 1. The lowest BCUT2D eigenvalue weighted by atomic mass is 10.2. The second kappa shape index (κ2) is 10.2. The monoisotopic (exact) mass is 438 g/mol. The fraction of sp³-hybridized carbons (Fsp3) is 0.312. The standard InChI is InChI=1S/C16H18N6O7S/c1-4-29-12-10(22(26)27)5-9(6-11(12)28-3)7-17-19-13(23)8(2)30-15-14(24)18-16(25)21-20-15/h5-8H,4H2,1-3H3,(H,19,23)(H2,18,21,24,25)/b17-7+. The normalized spacial score (nSPS) is 11.8. The largest absolute Gasteiger partial charge is 0.493 e. The van der Waals surface area contributed by atoms with Crippen LogP contribution in [0, 0.1) is 10.1 Å². The zero-order valence-corrected chi connectivity index (χ0v) is 16.9. The van der Waals surface area contributed by atoms with E-state index in [1.54, 1.807) is 6.92 Å². The van der Waals surface area contributed by atoms with Gasteiger partial charge < -0.3 is 9.47 Å². The van der Waals surface area contributed by atoms with Crippen molar-refractivity contribution < 1.29 is 19.2 Å². The summed E-state index contributed by atoms with van der Waals surface area (Å²) in [7, 11) is 1.34. The highest BCUT2D eigenvalue weighted by atomic mass is 32.2. The van der Waals surface area contributed by atoms with E-state index in [2.05, 4.69) is 20.7 Å². The fourth-order valence-electron chi connectivity index (χ4n) is 2.16. The van der Waals surface area contributed by atoms with Crippen LogP contribution in [0.4, 0.5) is 5.69 Å².